The van der Waals surface area contributed by atoms with Crippen LogP contribution in [0.15, 0.2) is 59.3 Å². The minimum atomic E-state index is -0.614. The number of aromatic nitrogens is 2. The first-order valence-electron chi connectivity index (χ1n) is 6.34. The Hall–Kier alpha value is -2.01. The lowest BCUT2D eigenvalue weighted by Crippen LogP contribution is -2.02. The van der Waals surface area contributed by atoms with E-state index < -0.39 is 11.6 Å². The summed E-state index contributed by atoms with van der Waals surface area (Å²) in [4.78, 5) is 4.18. The molecule has 2 nitrogen and oxygen atoms in total. The lowest BCUT2D eigenvalue weighted by atomic mass is 10.2. The largest absolute Gasteiger partial charge is 0.326 e. The summed E-state index contributed by atoms with van der Waals surface area (Å²) in [7, 11) is 0. The van der Waals surface area contributed by atoms with Gasteiger partial charge < -0.3 is 4.57 Å². The van der Waals surface area contributed by atoms with E-state index in [1.165, 1.54) is 12.1 Å². The Morgan fingerprint density at radius 3 is 2.71 bits per heavy atom. The zero-order chi connectivity index (χ0) is 14.8. The number of hydrogen-bond acceptors (Lipinski definition) is 1. The minimum Gasteiger partial charge on any atom is -0.326 e. The van der Waals surface area contributed by atoms with Crippen LogP contribution in [0.25, 0.3) is 11.4 Å². The van der Waals surface area contributed by atoms with Crippen molar-refractivity contribution in [2.75, 3.05) is 0 Å². The highest BCUT2D eigenvalue weighted by Gasteiger charge is 2.12. The zero-order valence-electron chi connectivity index (χ0n) is 10.9. The third kappa shape index (κ3) is 3.03. The van der Waals surface area contributed by atoms with Gasteiger partial charge in [0.25, 0.3) is 0 Å². The number of hydrogen-bond donors (Lipinski definition) is 0. The average molecular weight is 349 g/mol. The monoisotopic (exact) mass is 348 g/mol. The van der Waals surface area contributed by atoms with Crippen molar-refractivity contribution in [2.24, 2.45) is 0 Å². The minimum absolute atomic E-state index is 0.288. The molecule has 0 amide bonds. The number of imidazole rings is 1. The van der Waals surface area contributed by atoms with E-state index in [-0.39, 0.29) is 5.56 Å². The first kappa shape index (κ1) is 13.9. The van der Waals surface area contributed by atoms with Crippen LogP contribution in [-0.2, 0) is 6.54 Å². The molecular weight excluding hydrogens is 338 g/mol. The van der Waals surface area contributed by atoms with E-state index in [0.717, 1.165) is 16.1 Å². The molecule has 1 heterocycles. The Balaban J connectivity index is 1.97. The smallest absolute Gasteiger partial charge is 0.143 e. The highest BCUT2D eigenvalue weighted by molar-refractivity contribution is 9.10. The molecule has 0 aliphatic carbocycles. The molecular formula is C16H11BrF2N2. The van der Waals surface area contributed by atoms with Crippen molar-refractivity contribution in [3.8, 4) is 11.4 Å². The maximum absolute atomic E-state index is 13.9. The molecule has 0 bridgehead atoms. The van der Waals surface area contributed by atoms with Crippen LogP contribution in [0.4, 0.5) is 8.78 Å². The third-order valence-electron chi connectivity index (χ3n) is 3.13. The number of rotatable bonds is 3. The van der Waals surface area contributed by atoms with Crippen LogP contribution in [0, 0.1) is 11.6 Å². The van der Waals surface area contributed by atoms with Gasteiger partial charge in [0, 0.05) is 29.5 Å². The van der Waals surface area contributed by atoms with Crippen molar-refractivity contribution < 1.29 is 8.78 Å². The second kappa shape index (κ2) is 5.77. The van der Waals surface area contributed by atoms with E-state index in [9.17, 15) is 8.78 Å². The topological polar surface area (TPSA) is 17.8 Å². The van der Waals surface area contributed by atoms with E-state index >= 15 is 0 Å². The van der Waals surface area contributed by atoms with E-state index in [1.807, 2.05) is 28.8 Å². The molecule has 0 aliphatic heterocycles. The Labute approximate surface area is 129 Å². The van der Waals surface area contributed by atoms with Gasteiger partial charge in [-0.1, -0.05) is 28.1 Å². The lowest BCUT2D eigenvalue weighted by Gasteiger charge is -2.09. The van der Waals surface area contributed by atoms with E-state index in [1.54, 1.807) is 12.4 Å². The standard InChI is InChI=1S/C16H11BrF2N2/c17-12-3-1-2-11(8-12)10-21-7-6-20-16(21)14-5-4-13(18)9-15(14)19/h1-9H,10H2. The van der Waals surface area contributed by atoms with Crippen LogP contribution in [0.2, 0.25) is 0 Å². The van der Waals surface area contributed by atoms with E-state index in [2.05, 4.69) is 20.9 Å². The summed E-state index contributed by atoms with van der Waals surface area (Å²) in [5, 5.41) is 0. The summed E-state index contributed by atoms with van der Waals surface area (Å²) in [6, 6.07) is 11.4. The van der Waals surface area contributed by atoms with Gasteiger partial charge >= 0.3 is 0 Å². The van der Waals surface area contributed by atoms with Gasteiger partial charge in [-0.2, -0.15) is 0 Å². The molecule has 0 fully saturated rings. The molecule has 0 saturated carbocycles. The highest BCUT2D eigenvalue weighted by Crippen LogP contribution is 2.23. The van der Waals surface area contributed by atoms with Crippen molar-refractivity contribution >= 4 is 15.9 Å². The summed E-state index contributed by atoms with van der Waals surface area (Å²) in [6.45, 7) is 0.561. The Kier molecular flexibility index (Phi) is 3.84. The molecule has 0 spiro atoms. The van der Waals surface area contributed by atoms with Gasteiger partial charge in [0.1, 0.15) is 17.5 Å². The van der Waals surface area contributed by atoms with E-state index in [4.69, 9.17) is 0 Å². The quantitative estimate of drug-likeness (QED) is 0.674. The van der Waals surface area contributed by atoms with Crippen LogP contribution < -0.4 is 0 Å². The Morgan fingerprint density at radius 2 is 1.95 bits per heavy atom. The van der Waals surface area contributed by atoms with Crippen molar-refractivity contribution in [3.63, 3.8) is 0 Å². The number of nitrogens with zero attached hydrogens (tertiary/aromatic N) is 2. The average Bonchev–Trinajstić information content (AvgIpc) is 2.87. The molecule has 3 rings (SSSR count). The van der Waals surface area contributed by atoms with E-state index in [0.29, 0.717) is 12.4 Å². The summed E-state index contributed by atoms with van der Waals surface area (Å²) >= 11 is 3.42. The second-order valence-electron chi connectivity index (χ2n) is 4.63. The molecule has 1 aromatic heterocycles. The van der Waals surface area contributed by atoms with Crippen LogP contribution in [0.3, 0.4) is 0 Å². The highest BCUT2D eigenvalue weighted by atomic mass is 79.9. The fourth-order valence-corrected chi connectivity index (χ4v) is 2.63. The summed E-state index contributed by atoms with van der Waals surface area (Å²) < 4.78 is 29.7. The molecule has 0 saturated heterocycles. The normalized spacial score (nSPS) is 10.8. The number of benzene rings is 2. The summed E-state index contributed by atoms with van der Waals surface area (Å²) in [5.74, 6) is -0.731. The zero-order valence-corrected chi connectivity index (χ0v) is 12.5. The van der Waals surface area contributed by atoms with Gasteiger partial charge in [-0.15, -0.1) is 0 Å². The van der Waals surface area contributed by atoms with Gasteiger partial charge in [0.05, 0.1) is 5.56 Å². The molecule has 21 heavy (non-hydrogen) atoms. The molecule has 0 atom stereocenters. The van der Waals surface area contributed by atoms with Crippen molar-refractivity contribution in [1.82, 2.24) is 9.55 Å². The van der Waals surface area contributed by atoms with Crippen LogP contribution in [-0.4, -0.2) is 9.55 Å². The molecule has 106 valence electrons. The fourth-order valence-electron chi connectivity index (χ4n) is 2.18. The second-order valence-corrected chi connectivity index (χ2v) is 5.55. The summed E-state index contributed by atoms with van der Waals surface area (Å²) in [6.07, 6.45) is 3.38. The van der Waals surface area contributed by atoms with Crippen molar-refractivity contribution in [2.45, 2.75) is 6.54 Å². The van der Waals surface area contributed by atoms with Gasteiger partial charge in [-0.05, 0) is 29.8 Å². The molecule has 0 N–H and O–H groups in total. The third-order valence-corrected chi connectivity index (χ3v) is 3.62. The van der Waals surface area contributed by atoms with Crippen molar-refractivity contribution in [3.05, 3.63) is 76.5 Å². The van der Waals surface area contributed by atoms with Gasteiger partial charge in [-0.3, -0.25) is 0 Å². The van der Waals surface area contributed by atoms with Crippen molar-refractivity contribution in [1.29, 1.82) is 0 Å². The van der Waals surface area contributed by atoms with Gasteiger partial charge in [0.2, 0.25) is 0 Å². The molecule has 0 radical (unpaired) electrons. The lowest BCUT2D eigenvalue weighted by molar-refractivity contribution is 0.584. The molecule has 0 aliphatic rings. The predicted octanol–water partition coefficient (Wildman–Crippen LogP) is 4.64. The maximum Gasteiger partial charge on any atom is 0.143 e. The first-order valence-corrected chi connectivity index (χ1v) is 7.14. The maximum atomic E-state index is 13.9. The predicted molar refractivity (Wildman–Crippen MR) is 80.8 cm³/mol. The molecule has 0 unspecified atom stereocenters. The summed E-state index contributed by atoms with van der Waals surface area (Å²) in [5.41, 5.74) is 1.35. The molecule has 3 aromatic rings. The van der Waals surface area contributed by atoms with Gasteiger partial charge in [0.15, 0.2) is 0 Å². The SMILES string of the molecule is Fc1ccc(-c2nccn2Cc2cccc(Br)c2)c(F)c1. The first-order chi connectivity index (χ1) is 10.1. The fraction of sp³-hybridized carbons (Fsp3) is 0.0625. The Bertz CT molecular complexity index is 783. The van der Waals surface area contributed by atoms with Crippen LogP contribution in [0.1, 0.15) is 5.56 Å². The van der Waals surface area contributed by atoms with Gasteiger partial charge in [-0.25, -0.2) is 13.8 Å². The van der Waals surface area contributed by atoms with Crippen LogP contribution >= 0.6 is 15.9 Å². The van der Waals surface area contributed by atoms with Crippen LogP contribution in [0.5, 0.6) is 0 Å². The molecule has 2 aromatic carbocycles. The number of halogens is 3. The Morgan fingerprint density at radius 1 is 1.10 bits per heavy atom. The molecule has 5 heteroatoms.